The van der Waals surface area contributed by atoms with E-state index in [0.717, 1.165) is 0 Å². The number of benzene rings is 4. The molecule has 3 aromatic heterocycles. The zero-order chi connectivity index (χ0) is 24.4. The molecule has 0 spiro atoms. The summed E-state index contributed by atoms with van der Waals surface area (Å²) in [4.78, 5) is 3.54. The Bertz CT molecular complexity index is 1890. The number of aromatic nitrogens is 2. The van der Waals surface area contributed by atoms with Crippen molar-refractivity contribution < 1.29 is 4.57 Å². The Hall–Kier alpha value is -4.15. The van der Waals surface area contributed by atoms with Gasteiger partial charge in [-0.25, -0.2) is 0 Å². The first-order valence-electron chi connectivity index (χ1n) is 12.2. The van der Waals surface area contributed by atoms with E-state index >= 15 is 0 Å². The number of aryl methyl sites for hydroxylation is 1. The van der Waals surface area contributed by atoms with E-state index in [-0.39, 0.29) is 0 Å². The average Bonchev–Trinajstić information content (AvgIpc) is 3.46. The molecule has 36 heavy (non-hydrogen) atoms. The molecule has 0 unspecified atom stereocenters. The fraction of sp³-hybridized carbons (Fsp3) is 0.0938. The van der Waals surface area contributed by atoms with Gasteiger partial charge in [0.15, 0.2) is 0 Å². The van der Waals surface area contributed by atoms with Crippen molar-refractivity contribution in [1.82, 2.24) is 4.57 Å². The third-order valence-corrected chi connectivity index (χ3v) is 8.43. The van der Waals surface area contributed by atoms with Crippen molar-refractivity contribution in [3.05, 3.63) is 103 Å². The Balaban J connectivity index is 1.65. The molecule has 3 nitrogen and oxygen atoms in total. The van der Waals surface area contributed by atoms with Gasteiger partial charge >= 0.3 is 0 Å². The Morgan fingerprint density at radius 3 is 1.89 bits per heavy atom. The van der Waals surface area contributed by atoms with Gasteiger partial charge in [0.05, 0.1) is 27.8 Å². The zero-order valence-corrected chi connectivity index (χ0v) is 21.4. The highest BCUT2D eigenvalue weighted by atomic mass is 32.1. The average molecular weight is 485 g/mol. The van der Waals surface area contributed by atoms with Gasteiger partial charge < -0.3 is 9.47 Å². The summed E-state index contributed by atoms with van der Waals surface area (Å²) in [6.45, 7) is 0. The molecule has 0 aliphatic carbocycles. The third kappa shape index (κ3) is 2.94. The quantitative estimate of drug-likeness (QED) is 0.234. The summed E-state index contributed by atoms with van der Waals surface area (Å²) in [5.74, 6) is 0. The zero-order valence-electron chi connectivity index (χ0n) is 20.6. The molecule has 0 bridgehead atoms. The largest absolute Gasteiger partial charge is 0.376 e. The van der Waals surface area contributed by atoms with Crippen LogP contribution in [-0.2, 0) is 7.05 Å². The molecule has 174 valence electrons. The molecule has 0 N–H and O–H groups in total. The number of anilines is 1. The van der Waals surface area contributed by atoms with E-state index in [9.17, 15) is 0 Å². The van der Waals surface area contributed by atoms with Gasteiger partial charge in [0.2, 0.25) is 11.2 Å². The fourth-order valence-corrected chi connectivity index (χ4v) is 6.98. The molecule has 0 aliphatic rings. The SMILES string of the molecule is CN(C)c1c(-c2cc(-n3c4ccccc4c4ccccc43)c3ccccc3[n+]2C)sc2ccccc12. The van der Waals surface area contributed by atoms with Crippen molar-refractivity contribution in [2.75, 3.05) is 19.0 Å². The van der Waals surface area contributed by atoms with Gasteiger partial charge in [-0.05, 0) is 24.3 Å². The van der Waals surface area contributed by atoms with Crippen LogP contribution in [0.1, 0.15) is 0 Å². The molecule has 3 heterocycles. The number of nitrogens with zero attached hydrogens (tertiary/aromatic N) is 3. The minimum Gasteiger partial charge on any atom is -0.376 e. The first kappa shape index (κ1) is 21.2. The lowest BCUT2D eigenvalue weighted by atomic mass is 10.1. The predicted octanol–water partition coefficient (Wildman–Crippen LogP) is 7.71. The van der Waals surface area contributed by atoms with Crippen molar-refractivity contribution >= 4 is 59.8 Å². The van der Waals surface area contributed by atoms with E-state index in [2.05, 4.69) is 138 Å². The van der Waals surface area contributed by atoms with Gasteiger partial charge in [0.1, 0.15) is 11.9 Å². The second-order valence-electron chi connectivity index (χ2n) is 9.53. The van der Waals surface area contributed by atoms with Crippen molar-refractivity contribution in [3.8, 4) is 16.3 Å². The van der Waals surface area contributed by atoms with Crippen molar-refractivity contribution in [3.63, 3.8) is 0 Å². The molecular weight excluding hydrogens is 458 g/mol. The van der Waals surface area contributed by atoms with Crippen LogP contribution in [-0.4, -0.2) is 18.7 Å². The van der Waals surface area contributed by atoms with Crippen LogP contribution in [0.4, 0.5) is 5.69 Å². The minimum atomic E-state index is 1.21. The molecule has 4 aromatic carbocycles. The number of fused-ring (bicyclic) bond motifs is 5. The van der Waals surface area contributed by atoms with Gasteiger partial charge in [-0.2, -0.15) is 4.57 Å². The highest BCUT2D eigenvalue weighted by Gasteiger charge is 2.26. The summed E-state index contributed by atoms with van der Waals surface area (Å²) in [5, 5.41) is 5.10. The van der Waals surface area contributed by atoms with E-state index in [1.54, 1.807) is 0 Å². The summed E-state index contributed by atoms with van der Waals surface area (Å²) in [6.07, 6.45) is 0. The van der Waals surface area contributed by atoms with Gasteiger partial charge in [0.25, 0.3) is 0 Å². The van der Waals surface area contributed by atoms with E-state index < -0.39 is 0 Å². The van der Waals surface area contributed by atoms with Crippen LogP contribution in [0, 0.1) is 0 Å². The van der Waals surface area contributed by atoms with E-state index in [1.165, 1.54) is 64.7 Å². The molecule has 0 saturated heterocycles. The number of thiophene rings is 1. The molecule has 0 radical (unpaired) electrons. The maximum atomic E-state index is 2.44. The number of hydrogen-bond acceptors (Lipinski definition) is 2. The summed E-state index contributed by atoms with van der Waals surface area (Å²) in [5.41, 5.74) is 7.37. The van der Waals surface area contributed by atoms with Crippen LogP contribution >= 0.6 is 11.3 Å². The monoisotopic (exact) mass is 484 g/mol. The Morgan fingerprint density at radius 1 is 0.667 bits per heavy atom. The summed E-state index contributed by atoms with van der Waals surface area (Å²) in [7, 11) is 6.48. The lowest BCUT2D eigenvalue weighted by Gasteiger charge is -2.16. The standard InChI is InChI=1S/C32H26N3S/c1-33(2)31-24-15-7-11-19-30(24)36-32(31)29-20-28(23-14-6-8-16-25(23)34(29)3)35-26-17-9-4-12-21(26)22-13-5-10-18-27(22)35/h4-20H,1-3H3/q+1. The number of hydrogen-bond donors (Lipinski definition) is 0. The molecule has 7 aromatic rings. The van der Waals surface area contributed by atoms with Crippen LogP contribution in [0.2, 0.25) is 0 Å². The van der Waals surface area contributed by atoms with Gasteiger partial charge in [-0.15, -0.1) is 11.3 Å². The highest BCUT2D eigenvalue weighted by molar-refractivity contribution is 7.23. The Kier molecular flexibility index (Phi) is 4.66. The first-order valence-corrected chi connectivity index (χ1v) is 13.0. The van der Waals surface area contributed by atoms with Gasteiger partial charge in [-0.3, -0.25) is 0 Å². The number of pyridine rings is 1. The van der Waals surface area contributed by atoms with Crippen molar-refractivity contribution in [2.45, 2.75) is 0 Å². The fourth-order valence-electron chi connectivity index (χ4n) is 5.65. The van der Waals surface area contributed by atoms with Crippen molar-refractivity contribution in [1.29, 1.82) is 0 Å². The van der Waals surface area contributed by atoms with Crippen LogP contribution in [0.3, 0.4) is 0 Å². The summed E-state index contributed by atoms with van der Waals surface area (Å²) in [6, 6.07) is 37.4. The van der Waals surface area contributed by atoms with Crippen LogP contribution in [0.25, 0.3) is 59.1 Å². The van der Waals surface area contributed by atoms with Crippen molar-refractivity contribution in [2.24, 2.45) is 7.05 Å². The molecular formula is C32H26N3S+. The Morgan fingerprint density at radius 2 is 1.22 bits per heavy atom. The predicted molar refractivity (Wildman–Crippen MR) is 155 cm³/mol. The smallest absolute Gasteiger partial charge is 0.227 e. The van der Waals surface area contributed by atoms with E-state index in [1.807, 2.05) is 11.3 Å². The minimum absolute atomic E-state index is 1.21. The lowest BCUT2D eigenvalue weighted by Crippen LogP contribution is -2.32. The number of para-hydroxylation sites is 3. The molecule has 4 heteroatoms. The summed E-state index contributed by atoms with van der Waals surface area (Å²) >= 11 is 1.87. The molecule has 7 rings (SSSR count). The van der Waals surface area contributed by atoms with Gasteiger partial charge in [-0.1, -0.05) is 66.7 Å². The lowest BCUT2D eigenvalue weighted by molar-refractivity contribution is -0.633. The molecule has 0 aliphatic heterocycles. The topological polar surface area (TPSA) is 12.1 Å². The molecule has 0 fully saturated rings. The highest BCUT2D eigenvalue weighted by Crippen LogP contribution is 2.44. The second kappa shape index (κ2) is 7.94. The number of rotatable bonds is 3. The van der Waals surface area contributed by atoms with Crippen LogP contribution in [0.15, 0.2) is 103 Å². The normalized spacial score (nSPS) is 11.8. The van der Waals surface area contributed by atoms with Crippen LogP contribution in [0.5, 0.6) is 0 Å². The molecule has 0 saturated carbocycles. The third-order valence-electron chi connectivity index (χ3n) is 7.25. The molecule has 0 amide bonds. The Labute approximate surface area is 214 Å². The van der Waals surface area contributed by atoms with E-state index in [4.69, 9.17) is 0 Å². The maximum absolute atomic E-state index is 2.44. The first-order chi connectivity index (χ1) is 17.6. The maximum Gasteiger partial charge on any atom is 0.227 e. The van der Waals surface area contributed by atoms with E-state index in [0.29, 0.717) is 0 Å². The van der Waals surface area contributed by atoms with Crippen LogP contribution < -0.4 is 9.47 Å². The van der Waals surface area contributed by atoms with Gasteiger partial charge in [0, 0.05) is 47.1 Å². The molecule has 0 atom stereocenters. The second-order valence-corrected chi connectivity index (χ2v) is 10.6. The summed E-state index contributed by atoms with van der Waals surface area (Å²) < 4.78 is 6.10.